The zero-order valence-corrected chi connectivity index (χ0v) is 11.8. The molecule has 1 aromatic carbocycles. The highest BCUT2D eigenvalue weighted by molar-refractivity contribution is 5.76. The van der Waals surface area contributed by atoms with Gasteiger partial charge in [-0.3, -0.25) is 4.79 Å². The Hall–Kier alpha value is -2.08. The predicted octanol–water partition coefficient (Wildman–Crippen LogP) is 1.01. The smallest absolute Gasteiger partial charge is 0.320 e. The molecule has 2 amide bonds. The number of aliphatic carboxylic acids is 1. The number of amides is 2. The van der Waals surface area contributed by atoms with Gasteiger partial charge in [0, 0.05) is 32.1 Å². The molecule has 1 fully saturated rings. The van der Waals surface area contributed by atoms with Gasteiger partial charge in [0.15, 0.2) is 0 Å². The summed E-state index contributed by atoms with van der Waals surface area (Å²) in [5, 5.41) is 17.8. The molecule has 0 radical (unpaired) electrons. The number of hydrogen-bond donors (Lipinski definition) is 2. The van der Waals surface area contributed by atoms with Gasteiger partial charge in [-0.1, -0.05) is 30.3 Å². The van der Waals surface area contributed by atoms with Gasteiger partial charge >= 0.3 is 12.0 Å². The minimum Gasteiger partial charge on any atom is -0.481 e. The highest BCUT2D eigenvalue weighted by atomic mass is 16.4. The van der Waals surface area contributed by atoms with Gasteiger partial charge in [-0.05, 0) is 5.56 Å². The average Bonchev–Trinajstić information content (AvgIpc) is 2.42. The monoisotopic (exact) mass is 292 g/mol. The molecular formula is C15H20N2O4. The largest absolute Gasteiger partial charge is 0.481 e. The van der Waals surface area contributed by atoms with Crippen molar-refractivity contribution in [1.82, 2.24) is 9.80 Å². The summed E-state index contributed by atoms with van der Waals surface area (Å²) in [7, 11) is 0. The van der Waals surface area contributed by atoms with Crippen LogP contribution in [0.2, 0.25) is 0 Å². The molecule has 6 nitrogen and oxygen atoms in total. The Morgan fingerprint density at radius 2 is 1.90 bits per heavy atom. The van der Waals surface area contributed by atoms with Crippen molar-refractivity contribution in [3.63, 3.8) is 0 Å². The van der Waals surface area contributed by atoms with Crippen molar-refractivity contribution in [1.29, 1.82) is 0 Å². The molecule has 1 heterocycles. The Morgan fingerprint density at radius 1 is 1.24 bits per heavy atom. The molecule has 2 rings (SSSR count). The molecule has 21 heavy (non-hydrogen) atoms. The summed E-state index contributed by atoms with van der Waals surface area (Å²) >= 11 is 0. The Bertz CT molecular complexity index is 486. The van der Waals surface area contributed by atoms with Gasteiger partial charge in [-0.2, -0.15) is 0 Å². The second kappa shape index (κ2) is 7.08. The van der Waals surface area contributed by atoms with Crippen LogP contribution in [-0.4, -0.2) is 58.3 Å². The normalized spacial score (nSPS) is 14.6. The van der Waals surface area contributed by atoms with E-state index in [0.29, 0.717) is 19.6 Å². The Morgan fingerprint density at radius 3 is 2.48 bits per heavy atom. The number of benzene rings is 1. The molecule has 0 atom stereocenters. The zero-order valence-electron chi connectivity index (χ0n) is 11.8. The van der Waals surface area contributed by atoms with Crippen LogP contribution < -0.4 is 0 Å². The Balaban J connectivity index is 1.90. The third-order valence-electron chi connectivity index (χ3n) is 3.55. The number of urea groups is 1. The lowest BCUT2D eigenvalue weighted by molar-refractivity contribution is -0.139. The summed E-state index contributed by atoms with van der Waals surface area (Å²) in [6.45, 7) is 1.57. The number of carboxylic acids is 1. The molecule has 0 unspecified atom stereocenters. The average molecular weight is 292 g/mol. The summed E-state index contributed by atoms with van der Waals surface area (Å²) in [5.74, 6) is -0.789. The van der Waals surface area contributed by atoms with E-state index in [2.05, 4.69) is 0 Å². The van der Waals surface area contributed by atoms with Crippen LogP contribution in [0, 0.1) is 5.92 Å². The maximum Gasteiger partial charge on any atom is 0.320 e. The van der Waals surface area contributed by atoms with E-state index < -0.39 is 5.97 Å². The van der Waals surface area contributed by atoms with Crippen molar-refractivity contribution in [3.8, 4) is 0 Å². The minimum absolute atomic E-state index is 0.0409. The first-order valence-electron chi connectivity index (χ1n) is 7.00. The standard InChI is InChI=1S/C15H20N2O4/c18-7-6-16(9-12-4-2-1-3-5-12)15(21)17-10-13(11-17)8-14(19)20/h1-5,13,18H,6-11H2,(H,19,20). The molecule has 0 aromatic heterocycles. The van der Waals surface area contributed by atoms with Crippen LogP contribution in [-0.2, 0) is 11.3 Å². The Labute approximate surface area is 123 Å². The van der Waals surface area contributed by atoms with E-state index in [0.717, 1.165) is 5.56 Å². The third kappa shape index (κ3) is 4.19. The summed E-state index contributed by atoms with van der Waals surface area (Å²) in [6.07, 6.45) is 0.0997. The van der Waals surface area contributed by atoms with E-state index in [-0.39, 0.29) is 31.5 Å². The Kier molecular flexibility index (Phi) is 5.16. The molecule has 6 heteroatoms. The maximum absolute atomic E-state index is 12.3. The van der Waals surface area contributed by atoms with Crippen molar-refractivity contribution in [2.24, 2.45) is 5.92 Å². The summed E-state index contributed by atoms with van der Waals surface area (Å²) in [5.41, 5.74) is 1.00. The van der Waals surface area contributed by atoms with Crippen LogP contribution in [0.3, 0.4) is 0 Å². The fourth-order valence-corrected chi connectivity index (χ4v) is 2.47. The molecule has 0 aliphatic carbocycles. The van der Waals surface area contributed by atoms with E-state index in [9.17, 15) is 9.59 Å². The summed E-state index contributed by atoms with van der Waals surface area (Å²) < 4.78 is 0. The van der Waals surface area contributed by atoms with Crippen molar-refractivity contribution in [3.05, 3.63) is 35.9 Å². The van der Waals surface area contributed by atoms with Gasteiger partial charge in [0.25, 0.3) is 0 Å². The SMILES string of the molecule is O=C(O)CC1CN(C(=O)N(CCO)Cc2ccccc2)C1. The fraction of sp³-hybridized carbons (Fsp3) is 0.467. The maximum atomic E-state index is 12.3. The second-order valence-corrected chi connectivity index (χ2v) is 5.28. The number of aliphatic hydroxyl groups is 1. The fourth-order valence-electron chi connectivity index (χ4n) is 2.47. The topological polar surface area (TPSA) is 81.1 Å². The number of rotatable bonds is 6. The van der Waals surface area contributed by atoms with E-state index in [4.69, 9.17) is 10.2 Å². The molecule has 2 N–H and O–H groups in total. The van der Waals surface area contributed by atoms with Crippen LogP contribution in [0.4, 0.5) is 4.79 Å². The molecule has 0 saturated carbocycles. The van der Waals surface area contributed by atoms with Crippen LogP contribution in [0.5, 0.6) is 0 Å². The predicted molar refractivity (Wildman–Crippen MR) is 76.6 cm³/mol. The number of carboxylic acid groups (broad SMARTS) is 1. The number of likely N-dealkylation sites (tertiary alicyclic amines) is 1. The number of carbonyl (C=O) groups excluding carboxylic acids is 1. The lowest BCUT2D eigenvalue weighted by atomic mass is 9.97. The molecule has 1 aliphatic rings. The number of aliphatic hydroxyl groups excluding tert-OH is 1. The summed E-state index contributed by atoms with van der Waals surface area (Å²) in [4.78, 5) is 26.2. The molecule has 1 aromatic rings. The van der Waals surface area contributed by atoms with Crippen LogP contribution >= 0.6 is 0 Å². The minimum atomic E-state index is -0.830. The van der Waals surface area contributed by atoms with Gasteiger partial charge in [0.05, 0.1) is 13.0 Å². The molecule has 114 valence electrons. The molecule has 1 aliphatic heterocycles. The lowest BCUT2D eigenvalue weighted by Crippen LogP contribution is -2.55. The molecule has 0 bridgehead atoms. The van der Waals surface area contributed by atoms with E-state index in [1.165, 1.54) is 0 Å². The first-order chi connectivity index (χ1) is 10.1. The van der Waals surface area contributed by atoms with Crippen molar-refractivity contribution in [2.75, 3.05) is 26.2 Å². The van der Waals surface area contributed by atoms with Gasteiger partial charge < -0.3 is 20.0 Å². The molecule has 1 saturated heterocycles. The van der Waals surface area contributed by atoms with E-state index >= 15 is 0 Å². The third-order valence-corrected chi connectivity index (χ3v) is 3.55. The first kappa shape index (κ1) is 15.3. The van der Waals surface area contributed by atoms with Crippen LogP contribution in [0.1, 0.15) is 12.0 Å². The van der Waals surface area contributed by atoms with E-state index in [1.807, 2.05) is 30.3 Å². The van der Waals surface area contributed by atoms with Gasteiger partial charge in [-0.15, -0.1) is 0 Å². The van der Waals surface area contributed by atoms with Gasteiger partial charge in [-0.25, -0.2) is 4.79 Å². The van der Waals surface area contributed by atoms with Gasteiger partial charge in [0.1, 0.15) is 0 Å². The highest BCUT2D eigenvalue weighted by Crippen LogP contribution is 2.21. The number of nitrogens with zero attached hydrogens (tertiary/aromatic N) is 2. The first-order valence-corrected chi connectivity index (χ1v) is 7.00. The number of carbonyl (C=O) groups is 2. The molecule has 0 spiro atoms. The second-order valence-electron chi connectivity index (χ2n) is 5.28. The van der Waals surface area contributed by atoms with Crippen molar-refractivity contribution < 1.29 is 19.8 Å². The quantitative estimate of drug-likeness (QED) is 0.820. The molecular weight excluding hydrogens is 272 g/mol. The van der Waals surface area contributed by atoms with Gasteiger partial charge in [0.2, 0.25) is 0 Å². The number of hydrogen-bond acceptors (Lipinski definition) is 3. The van der Waals surface area contributed by atoms with Crippen LogP contribution in [0.25, 0.3) is 0 Å². The zero-order chi connectivity index (χ0) is 15.2. The summed E-state index contributed by atoms with van der Waals surface area (Å²) in [6, 6.07) is 9.44. The van der Waals surface area contributed by atoms with Crippen molar-refractivity contribution in [2.45, 2.75) is 13.0 Å². The van der Waals surface area contributed by atoms with E-state index in [1.54, 1.807) is 9.80 Å². The van der Waals surface area contributed by atoms with Crippen molar-refractivity contribution >= 4 is 12.0 Å². The highest BCUT2D eigenvalue weighted by Gasteiger charge is 2.34. The lowest BCUT2D eigenvalue weighted by Gasteiger charge is -2.41. The van der Waals surface area contributed by atoms with Crippen LogP contribution in [0.15, 0.2) is 30.3 Å².